The van der Waals surface area contributed by atoms with E-state index in [0.717, 1.165) is 37.2 Å². The summed E-state index contributed by atoms with van der Waals surface area (Å²) in [4.78, 5) is 14.3. The van der Waals surface area contributed by atoms with E-state index in [1.54, 1.807) is 15.8 Å². The second kappa shape index (κ2) is 6.27. The van der Waals surface area contributed by atoms with Gasteiger partial charge < -0.3 is 10.2 Å². The lowest BCUT2D eigenvalue weighted by Gasteiger charge is -2.31. The molecule has 0 aliphatic carbocycles. The first-order valence-corrected chi connectivity index (χ1v) is 7.62. The maximum Gasteiger partial charge on any atom is 0.276 e. The number of rotatable bonds is 3. The second-order valence-corrected chi connectivity index (χ2v) is 5.78. The normalized spacial score (nSPS) is 15.7. The number of amides is 1. The Bertz CT molecular complexity index is 660. The van der Waals surface area contributed by atoms with Gasteiger partial charge in [0.1, 0.15) is 0 Å². The molecule has 0 spiro atoms. The number of aryl methyl sites for hydroxylation is 1. The Balaban J connectivity index is 1.76. The van der Waals surface area contributed by atoms with Crippen LogP contribution in [0.5, 0.6) is 0 Å². The van der Waals surface area contributed by atoms with Crippen LogP contribution in [0.2, 0.25) is 0 Å². The summed E-state index contributed by atoms with van der Waals surface area (Å²) in [5.41, 5.74) is 2.45. The first-order chi connectivity index (χ1) is 10.6. The third kappa shape index (κ3) is 3.01. The molecule has 3 rings (SSSR count). The van der Waals surface area contributed by atoms with Crippen LogP contribution in [0.25, 0.3) is 5.69 Å². The summed E-state index contributed by atoms with van der Waals surface area (Å²) in [6, 6.07) is 8.23. The zero-order valence-corrected chi connectivity index (χ0v) is 13.0. The number of hydrogen-bond donors (Lipinski definition) is 1. The molecular formula is C16H21N5O. The van der Waals surface area contributed by atoms with Crippen LogP contribution in [-0.2, 0) is 0 Å². The summed E-state index contributed by atoms with van der Waals surface area (Å²) < 4.78 is 1.65. The number of nitrogens with one attached hydrogen (secondary N) is 1. The molecule has 0 radical (unpaired) electrons. The van der Waals surface area contributed by atoms with Crippen LogP contribution < -0.4 is 5.32 Å². The Labute approximate surface area is 130 Å². The van der Waals surface area contributed by atoms with Gasteiger partial charge in [-0.25, -0.2) is 4.68 Å². The molecule has 0 saturated carbocycles. The van der Waals surface area contributed by atoms with E-state index in [-0.39, 0.29) is 11.9 Å². The van der Waals surface area contributed by atoms with Gasteiger partial charge in [0.25, 0.3) is 5.91 Å². The summed E-state index contributed by atoms with van der Waals surface area (Å²) in [5, 5.41) is 11.4. The van der Waals surface area contributed by atoms with Crippen molar-refractivity contribution in [2.75, 3.05) is 20.1 Å². The van der Waals surface area contributed by atoms with Gasteiger partial charge in [-0.3, -0.25) is 4.79 Å². The highest BCUT2D eigenvalue weighted by Gasteiger charge is 2.24. The highest BCUT2D eigenvalue weighted by atomic mass is 16.2. The molecule has 6 heteroatoms. The molecular weight excluding hydrogens is 278 g/mol. The van der Waals surface area contributed by atoms with Crippen LogP contribution >= 0.6 is 0 Å². The zero-order chi connectivity index (χ0) is 15.5. The lowest BCUT2D eigenvalue weighted by molar-refractivity contribution is 0.0697. The number of benzene rings is 1. The number of nitrogens with zero attached hydrogens (tertiary/aromatic N) is 4. The van der Waals surface area contributed by atoms with Crippen molar-refractivity contribution in [1.29, 1.82) is 0 Å². The maximum atomic E-state index is 12.5. The number of carbonyl (C=O) groups excluding carboxylic acids is 1. The van der Waals surface area contributed by atoms with Crippen LogP contribution in [0.3, 0.4) is 0 Å². The van der Waals surface area contributed by atoms with Gasteiger partial charge in [0, 0.05) is 13.1 Å². The predicted octanol–water partition coefficient (Wildman–Crippen LogP) is 1.40. The highest BCUT2D eigenvalue weighted by molar-refractivity contribution is 5.92. The molecule has 2 heterocycles. The number of carbonyl (C=O) groups is 1. The van der Waals surface area contributed by atoms with Gasteiger partial charge in [-0.05, 0) is 50.6 Å². The summed E-state index contributed by atoms with van der Waals surface area (Å²) in [5.74, 6) is -0.0641. The van der Waals surface area contributed by atoms with Crippen molar-refractivity contribution in [3.8, 4) is 5.69 Å². The minimum absolute atomic E-state index is 0.0641. The van der Waals surface area contributed by atoms with Gasteiger partial charge in [-0.1, -0.05) is 17.3 Å². The smallest absolute Gasteiger partial charge is 0.276 e. The van der Waals surface area contributed by atoms with Crippen LogP contribution in [0.1, 0.15) is 28.9 Å². The van der Waals surface area contributed by atoms with Gasteiger partial charge >= 0.3 is 0 Å². The van der Waals surface area contributed by atoms with Crippen molar-refractivity contribution in [1.82, 2.24) is 25.2 Å². The third-order valence-electron chi connectivity index (χ3n) is 4.16. The van der Waals surface area contributed by atoms with E-state index in [2.05, 4.69) is 15.6 Å². The van der Waals surface area contributed by atoms with Crippen molar-refractivity contribution in [2.45, 2.75) is 25.8 Å². The first-order valence-electron chi connectivity index (χ1n) is 7.62. The van der Waals surface area contributed by atoms with Gasteiger partial charge in [0.05, 0.1) is 11.9 Å². The molecule has 6 nitrogen and oxygen atoms in total. The largest absolute Gasteiger partial charge is 0.337 e. The minimum Gasteiger partial charge on any atom is -0.337 e. The Morgan fingerprint density at radius 1 is 1.36 bits per heavy atom. The fraction of sp³-hybridized carbons (Fsp3) is 0.438. The lowest BCUT2D eigenvalue weighted by atomic mass is 10.1. The van der Waals surface area contributed by atoms with Gasteiger partial charge in [-0.2, -0.15) is 0 Å². The van der Waals surface area contributed by atoms with Crippen LogP contribution in [0.15, 0.2) is 30.5 Å². The molecule has 1 fully saturated rings. The average molecular weight is 299 g/mol. The fourth-order valence-electron chi connectivity index (χ4n) is 2.80. The van der Waals surface area contributed by atoms with Crippen molar-refractivity contribution < 1.29 is 4.79 Å². The van der Waals surface area contributed by atoms with E-state index in [4.69, 9.17) is 0 Å². The second-order valence-electron chi connectivity index (χ2n) is 5.78. The number of hydrogen-bond acceptors (Lipinski definition) is 4. The molecule has 1 saturated heterocycles. The topological polar surface area (TPSA) is 63.1 Å². The van der Waals surface area contributed by atoms with Crippen molar-refractivity contribution >= 4 is 5.91 Å². The molecule has 1 aromatic carbocycles. The Morgan fingerprint density at radius 2 is 2.14 bits per heavy atom. The van der Waals surface area contributed by atoms with Crippen LogP contribution in [-0.4, -0.2) is 52.0 Å². The number of aromatic nitrogens is 3. The first kappa shape index (κ1) is 14.7. The van der Waals surface area contributed by atoms with Crippen molar-refractivity contribution in [3.05, 3.63) is 41.7 Å². The fourth-order valence-corrected chi connectivity index (χ4v) is 2.80. The molecule has 1 amide bonds. The lowest BCUT2D eigenvalue weighted by Crippen LogP contribution is -2.44. The van der Waals surface area contributed by atoms with E-state index in [9.17, 15) is 4.79 Å². The SMILES string of the molecule is Cc1cccc(-n2cc(C(=O)N(C)C3CCNCC3)nn2)c1. The maximum absolute atomic E-state index is 12.5. The van der Waals surface area contributed by atoms with Crippen LogP contribution in [0.4, 0.5) is 0 Å². The van der Waals surface area contributed by atoms with Crippen molar-refractivity contribution in [3.63, 3.8) is 0 Å². The Morgan fingerprint density at radius 3 is 2.86 bits per heavy atom. The van der Waals surface area contributed by atoms with E-state index in [0.29, 0.717) is 5.69 Å². The zero-order valence-electron chi connectivity index (χ0n) is 13.0. The van der Waals surface area contributed by atoms with Gasteiger partial charge in [0.15, 0.2) is 5.69 Å². The molecule has 0 bridgehead atoms. The third-order valence-corrected chi connectivity index (χ3v) is 4.16. The molecule has 0 atom stereocenters. The molecule has 1 aliphatic rings. The molecule has 1 aliphatic heterocycles. The Hall–Kier alpha value is -2.21. The number of piperidine rings is 1. The van der Waals surface area contributed by atoms with Crippen molar-refractivity contribution in [2.24, 2.45) is 0 Å². The summed E-state index contributed by atoms with van der Waals surface area (Å²) in [6.45, 7) is 3.94. The molecule has 2 aromatic rings. The van der Waals surface area contributed by atoms with E-state index >= 15 is 0 Å². The molecule has 116 valence electrons. The Kier molecular flexibility index (Phi) is 4.20. The quantitative estimate of drug-likeness (QED) is 0.930. The van der Waals surface area contributed by atoms with E-state index in [1.807, 2.05) is 38.2 Å². The molecule has 1 aromatic heterocycles. The molecule has 0 unspecified atom stereocenters. The van der Waals surface area contributed by atoms with E-state index in [1.165, 1.54) is 0 Å². The summed E-state index contributed by atoms with van der Waals surface area (Å²) in [6.07, 6.45) is 3.66. The summed E-state index contributed by atoms with van der Waals surface area (Å²) in [7, 11) is 1.85. The standard InChI is InChI=1S/C16H21N5O/c1-12-4-3-5-14(10-12)21-11-15(18-19-21)16(22)20(2)13-6-8-17-9-7-13/h3-5,10-11,13,17H,6-9H2,1-2H3. The molecule has 22 heavy (non-hydrogen) atoms. The van der Waals surface area contributed by atoms with Crippen LogP contribution in [0, 0.1) is 6.92 Å². The highest BCUT2D eigenvalue weighted by Crippen LogP contribution is 2.14. The van der Waals surface area contributed by atoms with E-state index < -0.39 is 0 Å². The predicted molar refractivity (Wildman–Crippen MR) is 84.1 cm³/mol. The minimum atomic E-state index is -0.0641. The van der Waals surface area contributed by atoms with Gasteiger partial charge in [-0.15, -0.1) is 5.10 Å². The summed E-state index contributed by atoms with van der Waals surface area (Å²) >= 11 is 0. The monoisotopic (exact) mass is 299 g/mol. The average Bonchev–Trinajstić information content (AvgIpc) is 3.04. The molecule has 1 N–H and O–H groups in total. The van der Waals surface area contributed by atoms with Gasteiger partial charge in [0.2, 0.25) is 0 Å².